The predicted molar refractivity (Wildman–Crippen MR) is 72.8 cm³/mol. The molecular weight excluding hydrogens is 224 g/mol. The van der Waals surface area contributed by atoms with E-state index in [1.165, 1.54) is 11.1 Å². The van der Waals surface area contributed by atoms with Crippen LogP contribution in [0.15, 0.2) is 18.2 Å². The molecule has 2 aliphatic heterocycles. The van der Waals surface area contributed by atoms with Gasteiger partial charge in [-0.15, -0.1) is 0 Å². The summed E-state index contributed by atoms with van der Waals surface area (Å²) in [7, 11) is 0. The topological polar surface area (TPSA) is 38.5 Å². The van der Waals surface area contributed by atoms with Crippen LogP contribution in [0.4, 0.5) is 0 Å². The molecule has 1 fully saturated rings. The van der Waals surface area contributed by atoms with E-state index in [-0.39, 0.29) is 6.04 Å². The summed E-state index contributed by atoms with van der Waals surface area (Å²) in [6.45, 7) is 6.43. The van der Waals surface area contributed by atoms with E-state index in [9.17, 15) is 0 Å². The van der Waals surface area contributed by atoms with Gasteiger partial charge in [0.15, 0.2) is 0 Å². The fourth-order valence-corrected chi connectivity index (χ4v) is 3.25. The molecule has 98 valence electrons. The number of nitrogens with two attached hydrogens (primary N) is 1. The molecule has 3 nitrogen and oxygen atoms in total. The van der Waals surface area contributed by atoms with Crippen molar-refractivity contribution in [2.75, 3.05) is 13.2 Å². The van der Waals surface area contributed by atoms with Crippen LogP contribution in [0.3, 0.4) is 0 Å². The quantitative estimate of drug-likeness (QED) is 0.868. The van der Waals surface area contributed by atoms with Gasteiger partial charge in [-0.25, -0.2) is 0 Å². The van der Waals surface area contributed by atoms with Gasteiger partial charge in [0, 0.05) is 25.0 Å². The molecule has 1 saturated heterocycles. The Hall–Kier alpha value is -1.06. The molecule has 0 radical (unpaired) electrons. The Bertz CT molecular complexity index is 444. The number of likely N-dealkylation sites (tertiary alicyclic amines) is 1. The van der Waals surface area contributed by atoms with Crippen LogP contribution in [0.1, 0.15) is 37.4 Å². The predicted octanol–water partition coefficient (Wildman–Crippen LogP) is 2.10. The summed E-state index contributed by atoms with van der Waals surface area (Å²) in [6, 6.07) is 7.78. The first-order valence-corrected chi connectivity index (χ1v) is 6.94. The van der Waals surface area contributed by atoms with Gasteiger partial charge in [-0.3, -0.25) is 4.90 Å². The van der Waals surface area contributed by atoms with E-state index in [1.54, 1.807) is 0 Å². The highest BCUT2D eigenvalue weighted by Gasteiger charge is 2.34. The molecule has 0 bridgehead atoms. The van der Waals surface area contributed by atoms with E-state index < -0.39 is 0 Å². The molecule has 2 atom stereocenters. The van der Waals surface area contributed by atoms with E-state index in [1.807, 2.05) is 0 Å². The Balaban J connectivity index is 1.93. The van der Waals surface area contributed by atoms with E-state index in [4.69, 9.17) is 10.5 Å². The van der Waals surface area contributed by atoms with Crippen LogP contribution >= 0.6 is 0 Å². The fraction of sp³-hybridized carbons (Fsp3) is 0.600. The van der Waals surface area contributed by atoms with Crippen molar-refractivity contribution < 1.29 is 4.74 Å². The second-order valence-corrected chi connectivity index (χ2v) is 5.69. The highest BCUT2D eigenvalue weighted by atomic mass is 16.5. The van der Waals surface area contributed by atoms with Gasteiger partial charge >= 0.3 is 0 Å². The van der Waals surface area contributed by atoms with Crippen molar-refractivity contribution in [2.24, 2.45) is 5.73 Å². The largest absolute Gasteiger partial charge is 0.493 e. The molecule has 2 heterocycles. The highest BCUT2D eigenvalue weighted by Crippen LogP contribution is 2.36. The molecule has 0 aromatic heterocycles. The number of rotatable bonds is 2. The van der Waals surface area contributed by atoms with Gasteiger partial charge in [0.25, 0.3) is 0 Å². The summed E-state index contributed by atoms with van der Waals surface area (Å²) in [5.41, 5.74) is 9.01. The van der Waals surface area contributed by atoms with Crippen molar-refractivity contribution >= 4 is 0 Å². The van der Waals surface area contributed by atoms with Gasteiger partial charge in [0.2, 0.25) is 0 Å². The van der Waals surface area contributed by atoms with Crippen molar-refractivity contribution in [1.82, 2.24) is 4.90 Å². The highest BCUT2D eigenvalue weighted by molar-refractivity contribution is 5.41. The zero-order valence-corrected chi connectivity index (χ0v) is 11.2. The molecule has 18 heavy (non-hydrogen) atoms. The van der Waals surface area contributed by atoms with Crippen molar-refractivity contribution in [3.63, 3.8) is 0 Å². The third-order valence-electron chi connectivity index (χ3n) is 4.20. The maximum atomic E-state index is 6.31. The maximum absolute atomic E-state index is 6.31. The molecule has 0 saturated carbocycles. The lowest BCUT2D eigenvalue weighted by Gasteiger charge is -2.30. The van der Waals surface area contributed by atoms with Crippen molar-refractivity contribution in [3.05, 3.63) is 29.3 Å². The molecular formula is C15H22N2O. The first kappa shape index (κ1) is 12.0. The number of hydrogen-bond acceptors (Lipinski definition) is 3. The van der Waals surface area contributed by atoms with Crippen LogP contribution in [-0.4, -0.2) is 30.1 Å². The second-order valence-electron chi connectivity index (χ2n) is 5.69. The molecule has 2 unspecified atom stereocenters. The molecule has 3 heteroatoms. The Kier molecular flexibility index (Phi) is 3.04. The first-order chi connectivity index (χ1) is 8.66. The van der Waals surface area contributed by atoms with E-state index >= 15 is 0 Å². The number of ether oxygens (including phenoxy) is 1. The Labute approximate surface area is 109 Å². The Morgan fingerprint density at radius 3 is 3.00 bits per heavy atom. The maximum Gasteiger partial charge on any atom is 0.122 e. The molecule has 0 spiro atoms. The average molecular weight is 246 g/mol. The molecule has 3 rings (SSSR count). The van der Waals surface area contributed by atoms with Crippen LogP contribution < -0.4 is 10.5 Å². The van der Waals surface area contributed by atoms with Gasteiger partial charge in [-0.05, 0) is 37.5 Å². The van der Waals surface area contributed by atoms with Crippen molar-refractivity contribution in [3.8, 4) is 5.75 Å². The van der Waals surface area contributed by atoms with Crippen LogP contribution in [0.5, 0.6) is 5.75 Å². The molecule has 1 aromatic carbocycles. The normalized spacial score (nSPS) is 27.6. The molecule has 2 N–H and O–H groups in total. The van der Waals surface area contributed by atoms with E-state index in [0.717, 1.165) is 31.7 Å². The minimum atomic E-state index is 0.257. The van der Waals surface area contributed by atoms with E-state index in [2.05, 4.69) is 36.9 Å². The zero-order valence-electron chi connectivity index (χ0n) is 11.2. The second kappa shape index (κ2) is 4.56. The number of benzene rings is 1. The van der Waals surface area contributed by atoms with Gasteiger partial charge < -0.3 is 10.5 Å². The third-order valence-corrected chi connectivity index (χ3v) is 4.20. The van der Waals surface area contributed by atoms with Crippen LogP contribution in [0.25, 0.3) is 0 Å². The Morgan fingerprint density at radius 2 is 2.22 bits per heavy atom. The van der Waals surface area contributed by atoms with E-state index in [0.29, 0.717) is 12.1 Å². The minimum Gasteiger partial charge on any atom is -0.493 e. The molecule has 0 amide bonds. The SMILES string of the molecule is CC(C)N1CCC(N)C1c1ccc2c(c1)CCO2. The van der Waals surface area contributed by atoms with Gasteiger partial charge in [-0.1, -0.05) is 12.1 Å². The minimum absolute atomic E-state index is 0.257. The monoisotopic (exact) mass is 246 g/mol. The van der Waals surface area contributed by atoms with Gasteiger partial charge in [0.1, 0.15) is 5.75 Å². The number of hydrogen-bond donors (Lipinski definition) is 1. The lowest BCUT2D eigenvalue weighted by molar-refractivity contribution is 0.198. The van der Waals surface area contributed by atoms with Crippen LogP contribution in [0, 0.1) is 0 Å². The Morgan fingerprint density at radius 1 is 1.39 bits per heavy atom. The van der Waals surface area contributed by atoms with Gasteiger partial charge in [0.05, 0.1) is 12.6 Å². The summed E-state index contributed by atoms with van der Waals surface area (Å²) in [5.74, 6) is 1.06. The fourth-order valence-electron chi connectivity index (χ4n) is 3.25. The molecule has 2 aliphatic rings. The van der Waals surface area contributed by atoms with Gasteiger partial charge in [-0.2, -0.15) is 0 Å². The van der Waals surface area contributed by atoms with Crippen molar-refractivity contribution in [1.29, 1.82) is 0 Å². The molecule has 0 aliphatic carbocycles. The zero-order chi connectivity index (χ0) is 12.7. The number of fused-ring (bicyclic) bond motifs is 1. The standard InChI is InChI=1S/C15H22N2O/c1-10(2)17-7-5-13(16)15(17)12-3-4-14-11(9-12)6-8-18-14/h3-4,9-10,13,15H,5-8,16H2,1-2H3. The number of nitrogens with zero attached hydrogens (tertiary/aromatic N) is 1. The van der Waals surface area contributed by atoms with Crippen molar-refractivity contribution in [2.45, 2.75) is 44.8 Å². The average Bonchev–Trinajstić information content (AvgIpc) is 2.93. The van der Waals surface area contributed by atoms with Crippen LogP contribution in [0.2, 0.25) is 0 Å². The summed E-state index contributed by atoms with van der Waals surface area (Å²) in [6.07, 6.45) is 2.13. The van der Waals surface area contributed by atoms with Crippen LogP contribution in [-0.2, 0) is 6.42 Å². The first-order valence-electron chi connectivity index (χ1n) is 6.94. The summed E-state index contributed by atoms with van der Waals surface area (Å²) < 4.78 is 5.57. The molecule has 1 aromatic rings. The smallest absolute Gasteiger partial charge is 0.122 e. The third kappa shape index (κ3) is 1.91. The lowest BCUT2D eigenvalue weighted by atomic mass is 9.97. The summed E-state index contributed by atoms with van der Waals surface area (Å²) >= 11 is 0. The summed E-state index contributed by atoms with van der Waals surface area (Å²) in [4.78, 5) is 2.52. The lowest BCUT2D eigenvalue weighted by Crippen LogP contribution is -2.35. The summed E-state index contributed by atoms with van der Waals surface area (Å²) in [5, 5.41) is 0.